The molecule has 0 saturated carbocycles. The molecule has 7 heteroatoms. The van der Waals surface area contributed by atoms with E-state index in [2.05, 4.69) is 26.1 Å². The van der Waals surface area contributed by atoms with Crippen LogP contribution in [0.3, 0.4) is 0 Å². The Bertz CT molecular complexity index is 1190. The predicted molar refractivity (Wildman–Crippen MR) is 114 cm³/mol. The quantitative estimate of drug-likeness (QED) is 0.437. The molecule has 3 heterocycles. The van der Waals surface area contributed by atoms with Crippen LogP contribution in [0.2, 0.25) is 5.02 Å². The van der Waals surface area contributed by atoms with Crippen LogP contribution in [-0.2, 0) is 6.54 Å². The van der Waals surface area contributed by atoms with Gasteiger partial charge in [0.05, 0.1) is 11.4 Å². The van der Waals surface area contributed by atoms with E-state index < -0.39 is 0 Å². The van der Waals surface area contributed by atoms with Crippen LogP contribution in [0.5, 0.6) is 0 Å². The zero-order valence-corrected chi connectivity index (χ0v) is 17.0. The highest BCUT2D eigenvalue weighted by Gasteiger charge is 2.26. The maximum atomic E-state index is 13.5. The highest BCUT2D eigenvalue weighted by molar-refractivity contribution is 6.35. The lowest BCUT2D eigenvalue weighted by Crippen LogP contribution is -2.34. The zero-order valence-electron chi connectivity index (χ0n) is 16.3. The van der Waals surface area contributed by atoms with E-state index in [1.165, 1.54) is 12.1 Å². The first-order valence-electron chi connectivity index (χ1n) is 10.0. The molecule has 0 aliphatic carbocycles. The summed E-state index contributed by atoms with van der Waals surface area (Å²) in [5.41, 5.74) is 2.72. The van der Waals surface area contributed by atoms with Crippen molar-refractivity contribution in [3.8, 4) is 11.4 Å². The SMILES string of the molecule is Fc1cccc(-c2noc(C3CCCN(Cc4ccc(Cl)c5cccnc45)C3)n2)c1. The molecular formula is C23H20ClFN4O. The molecule has 4 aromatic rings. The summed E-state index contributed by atoms with van der Waals surface area (Å²) >= 11 is 6.33. The maximum Gasteiger partial charge on any atom is 0.231 e. The predicted octanol–water partition coefficient (Wildman–Crippen LogP) is 5.46. The fourth-order valence-corrected chi connectivity index (χ4v) is 4.33. The van der Waals surface area contributed by atoms with E-state index in [0.29, 0.717) is 22.3 Å². The van der Waals surface area contributed by atoms with Crippen LogP contribution < -0.4 is 0 Å². The number of hydrogen-bond acceptors (Lipinski definition) is 5. The molecule has 2 aromatic heterocycles. The van der Waals surface area contributed by atoms with Crippen molar-refractivity contribution in [3.05, 3.63) is 77.0 Å². The van der Waals surface area contributed by atoms with Gasteiger partial charge in [0, 0.05) is 35.3 Å². The van der Waals surface area contributed by atoms with E-state index in [9.17, 15) is 4.39 Å². The van der Waals surface area contributed by atoms with Crippen molar-refractivity contribution >= 4 is 22.5 Å². The number of likely N-dealkylation sites (tertiary alicyclic amines) is 1. The Morgan fingerprint density at radius 2 is 2.10 bits per heavy atom. The number of rotatable bonds is 4. The first-order valence-corrected chi connectivity index (χ1v) is 10.4. The van der Waals surface area contributed by atoms with Gasteiger partial charge in [-0.3, -0.25) is 9.88 Å². The first kappa shape index (κ1) is 19.2. The molecule has 1 atom stereocenters. The average Bonchev–Trinajstić information content (AvgIpc) is 3.27. The van der Waals surface area contributed by atoms with Crippen molar-refractivity contribution in [1.29, 1.82) is 0 Å². The lowest BCUT2D eigenvalue weighted by molar-refractivity contribution is 0.180. The number of piperidine rings is 1. The van der Waals surface area contributed by atoms with E-state index in [1.54, 1.807) is 18.3 Å². The molecule has 0 spiro atoms. The van der Waals surface area contributed by atoms with Gasteiger partial charge in [0.15, 0.2) is 0 Å². The second-order valence-electron chi connectivity index (χ2n) is 7.65. The van der Waals surface area contributed by atoms with Crippen molar-refractivity contribution in [2.45, 2.75) is 25.3 Å². The van der Waals surface area contributed by atoms with Crippen molar-refractivity contribution < 1.29 is 8.91 Å². The Morgan fingerprint density at radius 3 is 3.00 bits per heavy atom. The molecule has 0 N–H and O–H groups in total. The van der Waals surface area contributed by atoms with Gasteiger partial charge >= 0.3 is 0 Å². The molecule has 1 aliphatic rings. The molecule has 0 bridgehead atoms. The Labute approximate surface area is 178 Å². The summed E-state index contributed by atoms with van der Waals surface area (Å²) < 4.78 is 19.0. The number of halogens is 2. The Morgan fingerprint density at radius 1 is 1.17 bits per heavy atom. The molecule has 2 aromatic carbocycles. The molecule has 5 nitrogen and oxygen atoms in total. The van der Waals surface area contributed by atoms with Gasteiger partial charge in [-0.05, 0) is 55.3 Å². The Kier molecular flexibility index (Phi) is 5.19. The van der Waals surface area contributed by atoms with Crippen LogP contribution in [0.1, 0.15) is 30.2 Å². The van der Waals surface area contributed by atoms with Crippen LogP contribution in [0.4, 0.5) is 4.39 Å². The van der Waals surface area contributed by atoms with Gasteiger partial charge in [0.1, 0.15) is 5.82 Å². The summed E-state index contributed by atoms with van der Waals surface area (Å²) in [4.78, 5) is 11.5. The van der Waals surface area contributed by atoms with Gasteiger partial charge in [-0.25, -0.2) is 4.39 Å². The minimum absolute atomic E-state index is 0.153. The number of hydrogen-bond donors (Lipinski definition) is 0. The third-order valence-electron chi connectivity index (χ3n) is 5.57. The molecule has 30 heavy (non-hydrogen) atoms. The van der Waals surface area contributed by atoms with Gasteiger partial charge in [-0.2, -0.15) is 4.98 Å². The van der Waals surface area contributed by atoms with E-state index in [1.807, 2.05) is 18.2 Å². The first-order chi connectivity index (χ1) is 14.7. The van der Waals surface area contributed by atoms with Gasteiger partial charge < -0.3 is 4.52 Å². The summed E-state index contributed by atoms with van der Waals surface area (Å²) in [6.07, 6.45) is 3.83. The third-order valence-corrected chi connectivity index (χ3v) is 5.90. The van der Waals surface area contributed by atoms with Crippen molar-refractivity contribution in [1.82, 2.24) is 20.0 Å². The number of benzene rings is 2. The molecule has 0 radical (unpaired) electrons. The largest absolute Gasteiger partial charge is 0.339 e. The topological polar surface area (TPSA) is 55.1 Å². The lowest BCUT2D eigenvalue weighted by Gasteiger charge is -2.31. The normalized spacial score (nSPS) is 17.5. The summed E-state index contributed by atoms with van der Waals surface area (Å²) in [6.45, 7) is 2.60. The summed E-state index contributed by atoms with van der Waals surface area (Å²) in [5.74, 6) is 0.874. The second kappa shape index (κ2) is 8.13. The minimum Gasteiger partial charge on any atom is -0.339 e. The smallest absolute Gasteiger partial charge is 0.231 e. The van der Waals surface area contributed by atoms with Gasteiger partial charge in [0.2, 0.25) is 11.7 Å². The molecule has 1 saturated heterocycles. The number of nitrogens with zero attached hydrogens (tertiary/aromatic N) is 4. The monoisotopic (exact) mass is 422 g/mol. The van der Waals surface area contributed by atoms with Crippen molar-refractivity contribution in [2.24, 2.45) is 0 Å². The molecule has 152 valence electrons. The number of fused-ring (bicyclic) bond motifs is 1. The van der Waals surface area contributed by atoms with Gasteiger partial charge in [-0.1, -0.05) is 35.0 Å². The van der Waals surface area contributed by atoms with E-state index in [0.717, 1.165) is 48.9 Å². The minimum atomic E-state index is -0.313. The van der Waals surface area contributed by atoms with Crippen molar-refractivity contribution in [3.63, 3.8) is 0 Å². The van der Waals surface area contributed by atoms with E-state index in [-0.39, 0.29) is 11.7 Å². The fraction of sp³-hybridized carbons (Fsp3) is 0.261. The van der Waals surface area contributed by atoms with Gasteiger partial charge in [-0.15, -0.1) is 0 Å². The summed E-state index contributed by atoms with van der Waals surface area (Å²) in [7, 11) is 0. The average molecular weight is 423 g/mol. The third kappa shape index (κ3) is 3.80. The van der Waals surface area contributed by atoms with E-state index >= 15 is 0 Å². The molecule has 1 aliphatic heterocycles. The molecular weight excluding hydrogens is 403 g/mol. The van der Waals surface area contributed by atoms with Crippen LogP contribution >= 0.6 is 11.6 Å². The standard InChI is InChI=1S/C23H20ClFN4O/c24-20-9-8-16(21-19(20)7-2-10-26-21)13-29-11-3-5-17(14-29)23-27-22(28-30-23)15-4-1-6-18(25)12-15/h1-2,4,6-10,12,17H,3,5,11,13-14H2. The number of aromatic nitrogens is 3. The molecule has 1 unspecified atom stereocenters. The summed E-state index contributed by atoms with van der Waals surface area (Å²) in [6, 6.07) is 14.1. The second-order valence-corrected chi connectivity index (χ2v) is 8.05. The van der Waals surface area contributed by atoms with Crippen LogP contribution in [-0.4, -0.2) is 33.1 Å². The van der Waals surface area contributed by atoms with E-state index in [4.69, 9.17) is 16.1 Å². The van der Waals surface area contributed by atoms with Crippen LogP contribution in [0.25, 0.3) is 22.3 Å². The molecule has 5 rings (SSSR count). The molecule has 0 amide bonds. The molecule has 1 fully saturated rings. The summed E-state index contributed by atoms with van der Waals surface area (Å²) in [5, 5.41) is 5.76. The lowest BCUT2D eigenvalue weighted by atomic mass is 9.97. The van der Waals surface area contributed by atoms with Crippen LogP contribution in [0, 0.1) is 5.82 Å². The number of pyridine rings is 1. The van der Waals surface area contributed by atoms with Crippen LogP contribution in [0.15, 0.2) is 59.3 Å². The Hall–Kier alpha value is -2.83. The highest BCUT2D eigenvalue weighted by Crippen LogP contribution is 2.30. The Balaban J connectivity index is 1.34. The highest BCUT2D eigenvalue weighted by atomic mass is 35.5. The maximum absolute atomic E-state index is 13.5. The fourth-order valence-electron chi connectivity index (χ4n) is 4.11. The zero-order chi connectivity index (χ0) is 20.5. The van der Waals surface area contributed by atoms with Gasteiger partial charge in [0.25, 0.3) is 0 Å². The van der Waals surface area contributed by atoms with Crippen molar-refractivity contribution in [2.75, 3.05) is 13.1 Å².